The second-order valence-electron chi connectivity index (χ2n) is 7.02. The molecule has 1 aliphatic carbocycles. The highest BCUT2D eigenvalue weighted by atomic mass is 16.2. The van der Waals surface area contributed by atoms with E-state index < -0.39 is 6.04 Å². The minimum absolute atomic E-state index is 0.0280. The molecule has 1 saturated carbocycles. The molecule has 5 nitrogen and oxygen atoms in total. The van der Waals surface area contributed by atoms with Gasteiger partial charge in [-0.15, -0.1) is 0 Å². The molecule has 2 aliphatic rings. The maximum absolute atomic E-state index is 12.7. The maximum Gasteiger partial charge on any atom is 0.246 e. The van der Waals surface area contributed by atoms with Gasteiger partial charge in [-0.3, -0.25) is 9.59 Å². The summed E-state index contributed by atoms with van der Waals surface area (Å²) in [6, 6.07) is 7.40. The summed E-state index contributed by atoms with van der Waals surface area (Å²) in [6.07, 6.45) is 5.62. The second kappa shape index (κ2) is 7.34. The number of amides is 2. The molecular formula is C19H27N3O2. The number of rotatable bonds is 3. The first-order chi connectivity index (χ1) is 11.6. The third-order valence-corrected chi connectivity index (χ3v) is 5.38. The van der Waals surface area contributed by atoms with Crippen molar-refractivity contribution in [3.63, 3.8) is 0 Å². The minimum Gasteiger partial charge on any atom is -0.330 e. The molecule has 130 valence electrons. The summed E-state index contributed by atoms with van der Waals surface area (Å²) in [7, 11) is 0. The molecule has 1 aromatic rings. The number of nitrogens with zero attached hydrogens (tertiary/aromatic N) is 2. The van der Waals surface area contributed by atoms with Crippen molar-refractivity contribution in [2.75, 3.05) is 24.5 Å². The Balaban J connectivity index is 1.63. The lowest BCUT2D eigenvalue weighted by molar-refractivity contribution is -0.139. The van der Waals surface area contributed by atoms with Gasteiger partial charge in [0.05, 0.1) is 6.04 Å². The van der Waals surface area contributed by atoms with Crippen molar-refractivity contribution in [1.29, 1.82) is 0 Å². The van der Waals surface area contributed by atoms with Crippen LogP contribution < -0.4 is 10.6 Å². The number of hydrogen-bond acceptors (Lipinski definition) is 3. The molecule has 24 heavy (non-hydrogen) atoms. The van der Waals surface area contributed by atoms with E-state index in [0.717, 1.165) is 36.9 Å². The third-order valence-electron chi connectivity index (χ3n) is 5.38. The Morgan fingerprint density at radius 3 is 2.54 bits per heavy atom. The largest absolute Gasteiger partial charge is 0.330 e. The summed E-state index contributed by atoms with van der Waals surface area (Å²) in [4.78, 5) is 28.7. The fourth-order valence-corrected chi connectivity index (χ4v) is 3.89. The second-order valence-corrected chi connectivity index (χ2v) is 7.02. The molecule has 2 N–H and O–H groups in total. The van der Waals surface area contributed by atoms with Gasteiger partial charge < -0.3 is 15.5 Å². The number of hydrogen-bond donors (Lipinski definition) is 1. The van der Waals surface area contributed by atoms with Crippen molar-refractivity contribution < 1.29 is 9.59 Å². The van der Waals surface area contributed by atoms with Gasteiger partial charge in [-0.1, -0.05) is 37.5 Å². The van der Waals surface area contributed by atoms with E-state index in [1.807, 2.05) is 31.2 Å². The highest BCUT2D eigenvalue weighted by Crippen LogP contribution is 2.27. The number of anilines is 1. The first-order valence-electron chi connectivity index (χ1n) is 8.98. The molecule has 0 radical (unpaired) electrons. The average molecular weight is 329 g/mol. The van der Waals surface area contributed by atoms with Crippen LogP contribution in [0.15, 0.2) is 24.3 Å². The zero-order chi connectivity index (χ0) is 17.1. The Morgan fingerprint density at radius 1 is 1.17 bits per heavy atom. The SMILES string of the molecule is Cc1ccccc1N1CCN(C(=O)[C@@H](N)C2CCCCC2)CC1=O. The smallest absolute Gasteiger partial charge is 0.246 e. The van der Waals surface area contributed by atoms with E-state index in [1.165, 1.54) is 6.42 Å². The van der Waals surface area contributed by atoms with Crippen molar-refractivity contribution >= 4 is 17.5 Å². The van der Waals surface area contributed by atoms with Gasteiger partial charge in [0.2, 0.25) is 11.8 Å². The van der Waals surface area contributed by atoms with Crippen LogP contribution in [0.3, 0.4) is 0 Å². The average Bonchev–Trinajstić information content (AvgIpc) is 2.62. The molecule has 1 aliphatic heterocycles. The van der Waals surface area contributed by atoms with E-state index in [4.69, 9.17) is 5.73 Å². The summed E-state index contributed by atoms with van der Waals surface area (Å²) in [6.45, 7) is 3.22. The van der Waals surface area contributed by atoms with E-state index >= 15 is 0 Å². The van der Waals surface area contributed by atoms with Crippen LogP contribution in [0.25, 0.3) is 0 Å². The lowest BCUT2D eigenvalue weighted by atomic mass is 9.83. The van der Waals surface area contributed by atoms with E-state index in [-0.39, 0.29) is 24.3 Å². The molecule has 5 heteroatoms. The molecule has 2 amide bonds. The molecule has 1 saturated heterocycles. The predicted octanol–water partition coefficient (Wildman–Crippen LogP) is 2.08. The van der Waals surface area contributed by atoms with Crippen molar-refractivity contribution in [3.8, 4) is 0 Å². The van der Waals surface area contributed by atoms with Crippen LogP contribution in [0, 0.1) is 12.8 Å². The lowest BCUT2D eigenvalue weighted by Crippen LogP contribution is -2.57. The number of carbonyl (C=O) groups is 2. The summed E-state index contributed by atoms with van der Waals surface area (Å²) >= 11 is 0. The fourth-order valence-electron chi connectivity index (χ4n) is 3.89. The van der Waals surface area contributed by atoms with Crippen LogP contribution in [0.1, 0.15) is 37.7 Å². The zero-order valence-electron chi connectivity index (χ0n) is 14.4. The van der Waals surface area contributed by atoms with Gasteiger partial charge in [-0.05, 0) is 37.3 Å². The van der Waals surface area contributed by atoms with Gasteiger partial charge in [0.15, 0.2) is 0 Å². The number of nitrogens with two attached hydrogens (primary N) is 1. The number of para-hydroxylation sites is 1. The number of carbonyl (C=O) groups excluding carboxylic acids is 2. The van der Waals surface area contributed by atoms with Crippen molar-refractivity contribution in [3.05, 3.63) is 29.8 Å². The highest BCUT2D eigenvalue weighted by Gasteiger charge is 2.34. The van der Waals surface area contributed by atoms with Gasteiger partial charge in [0.1, 0.15) is 6.54 Å². The Bertz CT molecular complexity index is 610. The van der Waals surface area contributed by atoms with Gasteiger partial charge in [0.25, 0.3) is 0 Å². The molecule has 3 rings (SSSR count). The fraction of sp³-hybridized carbons (Fsp3) is 0.579. The maximum atomic E-state index is 12.7. The van der Waals surface area contributed by atoms with Crippen molar-refractivity contribution in [1.82, 2.24) is 4.90 Å². The van der Waals surface area contributed by atoms with Crippen LogP contribution in [-0.2, 0) is 9.59 Å². The molecule has 0 spiro atoms. The predicted molar refractivity (Wildman–Crippen MR) is 94.7 cm³/mol. The molecule has 1 aromatic carbocycles. The monoisotopic (exact) mass is 329 g/mol. The van der Waals surface area contributed by atoms with E-state index in [2.05, 4.69) is 0 Å². The van der Waals surface area contributed by atoms with Crippen LogP contribution in [0.5, 0.6) is 0 Å². The Hall–Kier alpha value is -1.88. The topological polar surface area (TPSA) is 66.6 Å². The Labute approximate surface area is 143 Å². The normalized spacial score (nSPS) is 21.0. The molecular weight excluding hydrogens is 302 g/mol. The molecule has 0 unspecified atom stereocenters. The zero-order valence-corrected chi connectivity index (χ0v) is 14.4. The van der Waals surface area contributed by atoms with E-state index in [9.17, 15) is 9.59 Å². The minimum atomic E-state index is -0.455. The summed E-state index contributed by atoms with van der Waals surface area (Å²) in [5, 5.41) is 0. The van der Waals surface area contributed by atoms with Crippen molar-refractivity contribution in [2.24, 2.45) is 11.7 Å². The van der Waals surface area contributed by atoms with Crippen LogP contribution in [-0.4, -0.2) is 42.4 Å². The molecule has 1 heterocycles. The lowest BCUT2D eigenvalue weighted by Gasteiger charge is -2.37. The van der Waals surface area contributed by atoms with E-state index in [0.29, 0.717) is 13.1 Å². The van der Waals surface area contributed by atoms with Gasteiger partial charge in [-0.2, -0.15) is 0 Å². The number of piperazine rings is 1. The number of benzene rings is 1. The first kappa shape index (κ1) is 17.0. The molecule has 1 atom stereocenters. The van der Waals surface area contributed by atoms with Gasteiger partial charge in [0, 0.05) is 18.8 Å². The number of aryl methyl sites for hydroxylation is 1. The highest BCUT2D eigenvalue weighted by molar-refractivity contribution is 5.99. The van der Waals surface area contributed by atoms with Crippen LogP contribution >= 0.6 is 0 Å². The Morgan fingerprint density at radius 2 is 1.88 bits per heavy atom. The quantitative estimate of drug-likeness (QED) is 0.923. The summed E-state index contributed by atoms with van der Waals surface area (Å²) in [5.74, 6) is 0.190. The van der Waals surface area contributed by atoms with Crippen LogP contribution in [0.4, 0.5) is 5.69 Å². The first-order valence-corrected chi connectivity index (χ1v) is 8.98. The van der Waals surface area contributed by atoms with Crippen LogP contribution in [0.2, 0.25) is 0 Å². The van der Waals surface area contributed by atoms with Gasteiger partial charge in [-0.25, -0.2) is 0 Å². The Kier molecular flexibility index (Phi) is 5.19. The third kappa shape index (κ3) is 3.46. The molecule has 0 aromatic heterocycles. The van der Waals surface area contributed by atoms with Gasteiger partial charge >= 0.3 is 0 Å². The summed E-state index contributed by atoms with van der Waals surface area (Å²) in [5.41, 5.74) is 8.23. The molecule has 0 bridgehead atoms. The summed E-state index contributed by atoms with van der Waals surface area (Å²) < 4.78 is 0. The van der Waals surface area contributed by atoms with E-state index in [1.54, 1.807) is 9.80 Å². The van der Waals surface area contributed by atoms with Crippen molar-refractivity contribution in [2.45, 2.75) is 45.1 Å². The standard InChI is InChI=1S/C19H27N3O2/c1-14-7-5-6-10-16(14)22-12-11-21(13-17(22)23)19(24)18(20)15-8-3-2-4-9-15/h5-7,10,15,18H,2-4,8-9,11-13,20H2,1H3/t18-/m0/s1. The molecule has 2 fully saturated rings.